The number of unbranched alkanes of at least 4 members (excludes halogenated alkanes) is 1. The second kappa shape index (κ2) is 24.2. The van der Waals surface area contributed by atoms with Gasteiger partial charge in [-0.3, -0.25) is 0 Å². The van der Waals surface area contributed by atoms with E-state index in [1.165, 1.54) is 12.7 Å². The van der Waals surface area contributed by atoms with Crippen LogP contribution in [-0.4, -0.2) is 49.9 Å². The summed E-state index contributed by atoms with van der Waals surface area (Å²) in [5.74, 6) is -1.09. The minimum Gasteiger partial charge on any atom is -0.466 e. The van der Waals surface area contributed by atoms with Gasteiger partial charge in [-0.05, 0) is 32.8 Å². The van der Waals surface area contributed by atoms with E-state index in [4.69, 9.17) is 9.84 Å². The number of carbonyl (C=O) groups is 3. The van der Waals surface area contributed by atoms with Crippen LogP contribution in [-0.2, 0) is 28.6 Å². The van der Waals surface area contributed by atoms with E-state index in [1.54, 1.807) is 20.8 Å². The van der Waals surface area contributed by atoms with E-state index in [0.717, 1.165) is 12.8 Å². The Morgan fingerprint density at radius 1 is 0.853 bits per heavy atom. The molecule has 0 fully saturated rings. The van der Waals surface area contributed by atoms with Crippen LogP contribution in [0.4, 0.5) is 0 Å². The molecule has 1 N–H and O–H groups in total. The van der Waals surface area contributed by atoms with Crippen LogP contribution in [0.5, 0.6) is 0 Å². The maximum absolute atomic E-state index is 10.7. The van der Waals surface area contributed by atoms with Gasteiger partial charge in [-0.15, -0.1) is 0 Å². The van der Waals surface area contributed by atoms with Crippen molar-refractivity contribution >= 4 is 24.0 Å². The third-order valence-electron chi connectivity index (χ3n) is 3.32. The number of carbonyl (C=O) groups excluding carboxylic acids is 3. The summed E-state index contributed by atoms with van der Waals surface area (Å²) in [5, 5.41) is 8.19. The van der Waals surface area contributed by atoms with Crippen LogP contribution in [0.2, 0.25) is 0 Å². The van der Waals surface area contributed by atoms with Gasteiger partial charge >= 0.3 is 17.9 Å². The lowest BCUT2D eigenvalue weighted by Gasteiger charge is -2.01. The molecule has 190 valence electrons. The highest BCUT2D eigenvalue weighted by molar-refractivity contribution is 5.87. The first-order valence-electron chi connectivity index (χ1n) is 10.7. The van der Waals surface area contributed by atoms with Crippen molar-refractivity contribution in [2.45, 2.75) is 40.5 Å². The number of hydrogen-bond donors (Lipinski definition) is 1. The van der Waals surface area contributed by atoms with Crippen molar-refractivity contribution in [3.63, 3.8) is 0 Å². The molecule has 0 aliphatic heterocycles. The molecular weight excluding hydrogens is 436 g/mol. The summed E-state index contributed by atoms with van der Waals surface area (Å²) < 4.78 is 13.5. The number of aliphatic hydroxyl groups excluding tert-OH is 1. The molecule has 0 unspecified atom stereocenters. The van der Waals surface area contributed by atoms with Crippen molar-refractivity contribution in [3.05, 3.63) is 78.9 Å². The molecule has 0 atom stereocenters. The lowest BCUT2D eigenvalue weighted by atomic mass is 10.2. The Labute approximate surface area is 204 Å². The zero-order valence-electron chi connectivity index (χ0n) is 21.2. The minimum absolute atomic E-state index is 0.0473. The molecule has 0 amide bonds. The third-order valence-corrected chi connectivity index (χ3v) is 3.32. The zero-order chi connectivity index (χ0) is 26.9. The van der Waals surface area contributed by atoms with Gasteiger partial charge in [0, 0.05) is 16.7 Å². The number of ether oxygens (including phenoxy) is 3. The average Bonchev–Trinajstić information content (AvgIpc) is 2.83. The van der Waals surface area contributed by atoms with Crippen molar-refractivity contribution in [2.75, 3.05) is 26.9 Å². The summed E-state index contributed by atoms with van der Waals surface area (Å²) in [5.41, 5.74) is 2.43. The number of esters is 3. The normalized spacial score (nSPS) is 8.53. The molecule has 0 saturated carbocycles. The maximum atomic E-state index is 10.7. The predicted molar refractivity (Wildman–Crippen MR) is 137 cm³/mol. The van der Waals surface area contributed by atoms with Crippen LogP contribution < -0.4 is 0 Å². The van der Waals surface area contributed by atoms with Crippen molar-refractivity contribution < 1.29 is 33.7 Å². The number of benzene rings is 1. The van der Waals surface area contributed by atoms with Crippen LogP contribution in [0, 0.1) is 0 Å². The van der Waals surface area contributed by atoms with Crippen LogP contribution in [0.3, 0.4) is 0 Å². The lowest BCUT2D eigenvalue weighted by molar-refractivity contribution is -0.140. The van der Waals surface area contributed by atoms with Gasteiger partial charge < -0.3 is 19.3 Å². The summed E-state index contributed by atoms with van der Waals surface area (Å²) in [7, 11) is 1.33. The van der Waals surface area contributed by atoms with E-state index in [0.29, 0.717) is 23.3 Å². The van der Waals surface area contributed by atoms with Gasteiger partial charge in [0.1, 0.15) is 6.61 Å². The van der Waals surface area contributed by atoms with Gasteiger partial charge in [-0.25, -0.2) is 14.4 Å². The highest BCUT2D eigenvalue weighted by Crippen LogP contribution is 1.97. The highest BCUT2D eigenvalue weighted by atomic mass is 16.5. The van der Waals surface area contributed by atoms with Crippen LogP contribution in [0.25, 0.3) is 6.08 Å². The number of methoxy groups -OCH3 is 1. The Morgan fingerprint density at radius 2 is 1.29 bits per heavy atom. The molecule has 0 saturated heterocycles. The van der Waals surface area contributed by atoms with E-state index in [2.05, 4.69) is 42.7 Å². The highest BCUT2D eigenvalue weighted by Gasteiger charge is 2.00. The Morgan fingerprint density at radius 3 is 1.56 bits per heavy atom. The van der Waals surface area contributed by atoms with Gasteiger partial charge in [-0.1, -0.05) is 76.1 Å². The molecule has 0 spiro atoms. The standard InChI is InChI=1S/C8H14O2.C8H8.C6H10O3.C5H8O2/c1-4-5-6-10-8(9)7(2)3;1-2-8-6-4-3-5-7-8;1-5(2)6(8)9-4-3-7;1-4(2)5(6)7-3/h2,4-6H2,1,3H3;2-7H,1H2;7H,1,3-4H2,2H3;1H2,2-3H3. The van der Waals surface area contributed by atoms with E-state index in [1.807, 2.05) is 36.4 Å². The Hall–Kier alpha value is -3.45. The quantitative estimate of drug-likeness (QED) is 0.230. The first-order valence-corrected chi connectivity index (χ1v) is 10.7. The molecule has 0 radical (unpaired) electrons. The summed E-state index contributed by atoms with van der Waals surface area (Å²) >= 11 is 0. The van der Waals surface area contributed by atoms with E-state index >= 15 is 0 Å². The third kappa shape index (κ3) is 24.8. The predicted octanol–water partition coefficient (Wildman–Crippen LogP) is 5.07. The zero-order valence-corrected chi connectivity index (χ0v) is 21.2. The van der Waals surface area contributed by atoms with E-state index in [-0.39, 0.29) is 25.2 Å². The second-order valence-corrected chi connectivity index (χ2v) is 6.80. The lowest BCUT2D eigenvalue weighted by Crippen LogP contribution is -2.08. The Kier molecular flexibility index (Phi) is 25.0. The molecule has 0 heterocycles. The number of rotatable bonds is 9. The van der Waals surface area contributed by atoms with Crippen molar-refractivity contribution in [1.29, 1.82) is 0 Å². The number of hydrogen-bond acceptors (Lipinski definition) is 7. The van der Waals surface area contributed by atoms with Crippen molar-refractivity contribution in [2.24, 2.45) is 0 Å². The molecule has 0 aliphatic rings. The van der Waals surface area contributed by atoms with Gasteiger partial charge in [0.25, 0.3) is 0 Å². The Balaban J connectivity index is -0.000000380. The molecular formula is C27H40O7. The fourth-order valence-corrected chi connectivity index (χ4v) is 1.46. The molecule has 0 aromatic heterocycles. The molecule has 1 rings (SSSR count). The minimum atomic E-state index is -0.455. The molecule has 7 nitrogen and oxygen atoms in total. The SMILES string of the molecule is C=C(C)C(=O)OC.C=C(C)C(=O)OCCCC.C=C(C)C(=O)OCCO.C=Cc1ccccc1. The Bertz CT molecular complexity index is 764. The summed E-state index contributed by atoms with van der Waals surface area (Å²) in [4.78, 5) is 31.4. The van der Waals surface area contributed by atoms with Crippen LogP contribution >= 0.6 is 0 Å². The van der Waals surface area contributed by atoms with Crippen molar-refractivity contribution in [1.82, 2.24) is 0 Å². The average molecular weight is 477 g/mol. The first-order chi connectivity index (χ1) is 16.0. The largest absolute Gasteiger partial charge is 0.466 e. The molecule has 1 aromatic rings. The van der Waals surface area contributed by atoms with Gasteiger partial charge in [-0.2, -0.15) is 0 Å². The van der Waals surface area contributed by atoms with Gasteiger partial charge in [0.15, 0.2) is 0 Å². The summed E-state index contributed by atoms with van der Waals surface area (Å²) in [6.07, 6.45) is 3.81. The first kappa shape index (κ1) is 35.1. The second-order valence-electron chi connectivity index (χ2n) is 6.80. The molecule has 7 heteroatoms. The summed E-state index contributed by atoms with van der Waals surface area (Å²) in [6, 6.07) is 10.0. The monoisotopic (exact) mass is 476 g/mol. The fourth-order valence-electron chi connectivity index (χ4n) is 1.46. The van der Waals surface area contributed by atoms with E-state index < -0.39 is 5.97 Å². The maximum Gasteiger partial charge on any atom is 0.333 e. The molecule has 0 bridgehead atoms. The van der Waals surface area contributed by atoms with Gasteiger partial charge in [0.2, 0.25) is 0 Å². The topological polar surface area (TPSA) is 99.1 Å². The smallest absolute Gasteiger partial charge is 0.333 e. The van der Waals surface area contributed by atoms with Crippen LogP contribution in [0.15, 0.2) is 73.4 Å². The fraction of sp³-hybridized carbons (Fsp3) is 0.370. The molecule has 34 heavy (non-hydrogen) atoms. The summed E-state index contributed by atoms with van der Waals surface area (Å²) in [6.45, 7) is 21.1. The molecule has 1 aromatic carbocycles. The van der Waals surface area contributed by atoms with E-state index in [9.17, 15) is 14.4 Å². The van der Waals surface area contributed by atoms with Crippen LogP contribution in [0.1, 0.15) is 46.1 Å². The van der Waals surface area contributed by atoms with Crippen molar-refractivity contribution in [3.8, 4) is 0 Å². The van der Waals surface area contributed by atoms with Gasteiger partial charge in [0.05, 0.1) is 20.3 Å². The number of aliphatic hydroxyl groups is 1. The molecule has 0 aliphatic carbocycles.